The Morgan fingerprint density at radius 1 is 1.21 bits per heavy atom. The summed E-state index contributed by atoms with van der Waals surface area (Å²) in [4.78, 5) is 3.93. The van der Waals surface area contributed by atoms with Gasteiger partial charge in [-0.2, -0.15) is 0 Å². The van der Waals surface area contributed by atoms with Crippen LogP contribution in [0.3, 0.4) is 0 Å². The largest absolute Gasteiger partial charge is 0.509 e. The summed E-state index contributed by atoms with van der Waals surface area (Å²) in [7, 11) is 0. The number of aromatic nitrogens is 1. The first-order valence-corrected chi connectivity index (χ1v) is 5.79. The summed E-state index contributed by atoms with van der Waals surface area (Å²) < 4.78 is 43.4. The highest BCUT2D eigenvalue weighted by atomic mass is 19.4. The van der Waals surface area contributed by atoms with Crippen LogP contribution in [0, 0.1) is 6.92 Å². The second-order valence-corrected chi connectivity index (χ2v) is 4.24. The van der Waals surface area contributed by atoms with E-state index in [-0.39, 0.29) is 12.2 Å². The van der Waals surface area contributed by atoms with E-state index in [9.17, 15) is 12.9 Å². The normalized spacial score (nSPS) is 11.4. The van der Waals surface area contributed by atoms with E-state index in [0.29, 0.717) is 5.75 Å². The summed E-state index contributed by atoms with van der Waals surface area (Å²) >= 11 is 0. The molecule has 1 aromatic heterocycles. The molecule has 0 aliphatic rings. The van der Waals surface area contributed by atoms with Crippen LogP contribution >= 0.6 is 0 Å². The molecule has 1 heterocycles. The number of benzene rings is 1. The fourth-order valence-electron chi connectivity index (χ4n) is 1.76. The quantitative estimate of drug-likeness (QED) is 0.793. The van der Waals surface area contributed by atoms with Gasteiger partial charge < -0.3 is 17.7 Å². The highest BCUT2D eigenvalue weighted by Gasteiger charge is 2.27. The van der Waals surface area contributed by atoms with Gasteiger partial charge in [0, 0.05) is 18.0 Å². The lowest BCUT2D eigenvalue weighted by molar-refractivity contribution is 0.305. The summed E-state index contributed by atoms with van der Waals surface area (Å²) in [6.45, 7) is -3.26. The number of hydrogen-bond donors (Lipinski definition) is 0. The zero-order valence-corrected chi connectivity index (χ0v) is 10.3. The topological polar surface area (TPSA) is 22.1 Å². The lowest BCUT2D eigenvalue weighted by Gasteiger charge is -2.18. The smallest absolute Gasteiger partial charge is 0.489 e. The Hall–Kier alpha value is -1.98. The van der Waals surface area contributed by atoms with Crippen molar-refractivity contribution in [3.8, 4) is 5.75 Å². The number of halogens is 3. The Labute approximate surface area is 109 Å². The number of hydrogen-bond acceptors (Lipinski definition) is 2. The van der Waals surface area contributed by atoms with Crippen LogP contribution < -0.4 is 10.2 Å². The molecule has 0 atom stereocenters. The van der Waals surface area contributed by atoms with E-state index >= 15 is 0 Å². The van der Waals surface area contributed by atoms with E-state index in [4.69, 9.17) is 4.74 Å². The molecule has 2 rings (SSSR count). The van der Waals surface area contributed by atoms with Gasteiger partial charge in [-0.25, -0.2) is 0 Å². The van der Waals surface area contributed by atoms with Crippen molar-refractivity contribution in [2.24, 2.45) is 0 Å². The lowest BCUT2D eigenvalue weighted by Crippen LogP contribution is -2.35. The molecule has 0 saturated carbocycles. The van der Waals surface area contributed by atoms with Gasteiger partial charge in [-0.15, -0.1) is 5.46 Å². The Morgan fingerprint density at radius 2 is 2.00 bits per heavy atom. The van der Waals surface area contributed by atoms with Gasteiger partial charge in [0.05, 0.1) is 0 Å². The van der Waals surface area contributed by atoms with Crippen molar-refractivity contribution in [1.82, 2.24) is 4.98 Å². The molecule has 0 saturated heterocycles. The molecule has 6 heteroatoms. The standard InChI is InChI=1S/C13H12BF3NO/c1-10-7-12(4-5-13(10)14(15,16)17)19-9-11-3-2-6-18-8-11/h2-8H,9H2,1H3/q-1. The Bertz CT molecular complexity index is 558. The predicted molar refractivity (Wildman–Crippen MR) is 68.5 cm³/mol. The maximum atomic E-state index is 12.6. The molecular formula is C13H12BF3NO-. The van der Waals surface area contributed by atoms with Crippen LogP contribution in [0.4, 0.5) is 12.9 Å². The molecule has 0 bridgehead atoms. The van der Waals surface area contributed by atoms with E-state index in [1.165, 1.54) is 19.1 Å². The molecule has 0 fully saturated rings. The van der Waals surface area contributed by atoms with Crippen molar-refractivity contribution in [3.05, 3.63) is 53.9 Å². The van der Waals surface area contributed by atoms with Crippen LogP contribution in [0.25, 0.3) is 0 Å². The first-order chi connectivity index (χ1) is 8.97. The van der Waals surface area contributed by atoms with Crippen LogP contribution in [0.15, 0.2) is 42.7 Å². The van der Waals surface area contributed by atoms with E-state index < -0.39 is 12.4 Å². The predicted octanol–water partition coefficient (Wildman–Crippen LogP) is 3.02. The minimum Gasteiger partial charge on any atom is -0.489 e. The molecule has 100 valence electrons. The van der Waals surface area contributed by atoms with Gasteiger partial charge in [-0.05, 0) is 25.1 Å². The molecule has 0 radical (unpaired) electrons. The number of ether oxygens (including phenoxy) is 1. The fourth-order valence-corrected chi connectivity index (χ4v) is 1.76. The molecule has 0 spiro atoms. The highest BCUT2D eigenvalue weighted by molar-refractivity contribution is 6.74. The van der Waals surface area contributed by atoms with Gasteiger partial charge in [0.2, 0.25) is 0 Å². The lowest BCUT2D eigenvalue weighted by atomic mass is 9.77. The van der Waals surface area contributed by atoms with Crippen molar-refractivity contribution in [1.29, 1.82) is 0 Å². The molecule has 19 heavy (non-hydrogen) atoms. The van der Waals surface area contributed by atoms with Crippen LogP contribution in [0.1, 0.15) is 11.1 Å². The fraction of sp³-hybridized carbons (Fsp3) is 0.154. The van der Waals surface area contributed by atoms with Gasteiger partial charge in [0.25, 0.3) is 0 Å². The van der Waals surface area contributed by atoms with Crippen molar-refractivity contribution < 1.29 is 17.7 Å². The van der Waals surface area contributed by atoms with Crippen LogP contribution in [0.5, 0.6) is 5.75 Å². The van der Waals surface area contributed by atoms with E-state index in [0.717, 1.165) is 11.6 Å². The van der Waals surface area contributed by atoms with Crippen molar-refractivity contribution in [2.45, 2.75) is 13.5 Å². The minimum absolute atomic E-state index is 0.177. The minimum atomic E-state index is -4.97. The van der Waals surface area contributed by atoms with Gasteiger partial charge in [0.15, 0.2) is 0 Å². The third kappa shape index (κ3) is 3.50. The molecule has 0 amide bonds. The Morgan fingerprint density at radius 3 is 2.58 bits per heavy atom. The average molecular weight is 266 g/mol. The third-order valence-electron chi connectivity index (χ3n) is 2.72. The molecule has 0 aliphatic carbocycles. The second kappa shape index (κ2) is 5.34. The number of aryl methyl sites for hydroxylation is 1. The van der Waals surface area contributed by atoms with Gasteiger partial charge in [-0.3, -0.25) is 4.98 Å². The number of rotatable bonds is 4. The number of pyridine rings is 1. The Balaban J connectivity index is 2.09. The van der Waals surface area contributed by atoms with Crippen molar-refractivity contribution in [3.63, 3.8) is 0 Å². The van der Waals surface area contributed by atoms with Crippen molar-refractivity contribution >= 4 is 12.4 Å². The van der Waals surface area contributed by atoms with Crippen molar-refractivity contribution in [2.75, 3.05) is 0 Å². The second-order valence-electron chi connectivity index (χ2n) is 4.24. The molecule has 0 unspecified atom stereocenters. The van der Waals surface area contributed by atoms with E-state index in [1.54, 1.807) is 18.5 Å². The van der Waals surface area contributed by atoms with Gasteiger partial charge in [-0.1, -0.05) is 17.7 Å². The zero-order valence-electron chi connectivity index (χ0n) is 10.3. The van der Waals surface area contributed by atoms with Crippen LogP contribution in [-0.2, 0) is 6.61 Å². The SMILES string of the molecule is Cc1cc(OCc2cccnc2)ccc1[B-](F)(F)F. The number of nitrogens with zero attached hydrogens (tertiary/aromatic N) is 1. The third-order valence-corrected chi connectivity index (χ3v) is 2.72. The average Bonchev–Trinajstić information content (AvgIpc) is 2.36. The van der Waals surface area contributed by atoms with Crippen LogP contribution in [0.2, 0.25) is 0 Å². The molecule has 2 nitrogen and oxygen atoms in total. The van der Waals surface area contributed by atoms with Gasteiger partial charge in [0.1, 0.15) is 12.4 Å². The summed E-state index contributed by atoms with van der Waals surface area (Å²) in [6, 6.07) is 7.43. The molecule has 0 aliphatic heterocycles. The van der Waals surface area contributed by atoms with E-state index in [2.05, 4.69) is 4.98 Å². The maximum Gasteiger partial charge on any atom is 0.509 e. The van der Waals surface area contributed by atoms with E-state index in [1.807, 2.05) is 6.07 Å². The van der Waals surface area contributed by atoms with Gasteiger partial charge >= 0.3 is 6.98 Å². The highest BCUT2D eigenvalue weighted by Crippen LogP contribution is 2.18. The summed E-state index contributed by atoms with van der Waals surface area (Å²) in [6.07, 6.45) is 3.30. The molecule has 1 aromatic carbocycles. The maximum absolute atomic E-state index is 12.6. The van der Waals surface area contributed by atoms with Crippen LogP contribution in [-0.4, -0.2) is 12.0 Å². The molecule has 0 N–H and O–H groups in total. The summed E-state index contributed by atoms with van der Waals surface area (Å²) in [5.74, 6) is 0.421. The molecule has 2 aromatic rings. The molecular weight excluding hydrogens is 254 g/mol. The summed E-state index contributed by atoms with van der Waals surface area (Å²) in [5.41, 5.74) is 0.467. The first kappa shape index (κ1) is 13.5. The monoisotopic (exact) mass is 266 g/mol. The first-order valence-electron chi connectivity index (χ1n) is 5.79. The Kier molecular flexibility index (Phi) is 3.78. The summed E-state index contributed by atoms with van der Waals surface area (Å²) in [5, 5.41) is 0. The zero-order chi connectivity index (χ0) is 13.9.